The molecule has 0 aromatic heterocycles. The minimum absolute atomic E-state index is 0.0880. The van der Waals surface area contributed by atoms with E-state index in [0.717, 1.165) is 0 Å². The molecule has 0 atom stereocenters. The molecule has 80 valence electrons. The molecule has 0 bridgehead atoms. The van der Waals surface area contributed by atoms with Gasteiger partial charge in [0, 0.05) is 0 Å². The summed E-state index contributed by atoms with van der Waals surface area (Å²) in [4.78, 5) is 21.6. The number of aliphatic hydroxyl groups is 2. The first-order valence-electron chi connectivity index (χ1n) is 2.87. The molecule has 0 spiro atoms. The van der Waals surface area contributed by atoms with E-state index in [9.17, 15) is 0 Å². The van der Waals surface area contributed by atoms with Crippen LogP contribution in [0, 0.1) is 5.41 Å². The Morgan fingerprint density at radius 2 is 1.38 bits per heavy atom. The molecule has 0 aromatic rings. The second-order valence-corrected chi connectivity index (χ2v) is 2.58. The first-order valence-corrected chi connectivity index (χ1v) is 4.44. The van der Waals surface area contributed by atoms with Gasteiger partial charge in [0.05, 0.1) is 0 Å². The molecule has 0 saturated carbocycles. The van der Waals surface area contributed by atoms with Crippen molar-refractivity contribution >= 4 is 13.8 Å². The molecule has 0 saturated heterocycles. The first-order chi connectivity index (χ1) is 5.81. The quantitative estimate of drug-likeness (QED) is 0.105. The molecule has 0 radical (unpaired) electrons. The van der Waals surface area contributed by atoms with Crippen LogP contribution in [0.4, 0.5) is 0 Å². The van der Waals surface area contributed by atoms with Gasteiger partial charge >= 0.3 is 7.82 Å². The maximum absolute atomic E-state index is 8.88. The van der Waals surface area contributed by atoms with Gasteiger partial charge in [-0.25, -0.2) is 4.57 Å². The van der Waals surface area contributed by atoms with E-state index in [0.29, 0.717) is 0 Å². The molecule has 0 aromatic carbocycles. The van der Waals surface area contributed by atoms with Crippen molar-refractivity contribution in [2.24, 2.45) is 0 Å². The highest BCUT2D eigenvalue weighted by Crippen LogP contribution is 2.25. The van der Waals surface area contributed by atoms with E-state index in [1.54, 1.807) is 0 Å². The smallest absolute Gasteiger partial charge is 0.376 e. The van der Waals surface area contributed by atoms with E-state index >= 15 is 0 Å². The zero-order chi connectivity index (χ0) is 10.9. The monoisotopic (exact) mass is 217 g/mol. The largest absolute Gasteiger partial charge is 0.466 e. The number of rotatable bonds is 2. The first kappa shape index (κ1) is 14.8. The second-order valence-electron chi connectivity index (χ2n) is 1.56. The van der Waals surface area contributed by atoms with Gasteiger partial charge in [-0.1, -0.05) is 0 Å². The molecule has 9 nitrogen and oxygen atoms in total. The summed E-state index contributed by atoms with van der Waals surface area (Å²) in [7, 11) is -4.64. The van der Waals surface area contributed by atoms with Crippen molar-refractivity contribution < 1.29 is 29.5 Å². The highest BCUT2D eigenvalue weighted by atomic mass is 31.2. The predicted octanol–water partition coefficient (Wildman–Crippen LogP) is -2.93. The normalized spacial score (nSPS) is 9.62. The average molecular weight is 217 g/mol. The lowest BCUT2D eigenvalue weighted by Crippen LogP contribution is -2.37. The summed E-state index contributed by atoms with van der Waals surface area (Å²) >= 11 is 0. The summed E-state index contributed by atoms with van der Waals surface area (Å²) in [6, 6.07) is 0. The Bertz CT molecular complexity index is 164. The Hall–Kier alpha value is -0.700. The summed E-state index contributed by atoms with van der Waals surface area (Å²) in [5.41, 5.74) is 0. The second kappa shape index (κ2) is 7.92. The van der Waals surface area contributed by atoms with Crippen LogP contribution in [0.25, 0.3) is 0 Å². The lowest BCUT2D eigenvalue weighted by Gasteiger charge is -2.02. The van der Waals surface area contributed by atoms with E-state index < -0.39 is 7.82 Å². The lowest BCUT2D eigenvalue weighted by molar-refractivity contribution is 0.268. The SMILES string of the molecule is N=C(NCO)NCO.O=P(O)(O)O. The van der Waals surface area contributed by atoms with Crippen LogP contribution in [-0.4, -0.2) is 44.3 Å². The van der Waals surface area contributed by atoms with Crippen LogP contribution in [0.1, 0.15) is 0 Å². The summed E-state index contributed by atoms with van der Waals surface area (Å²) in [6.07, 6.45) is 0. The van der Waals surface area contributed by atoms with Crippen LogP contribution < -0.4 is 10.6 Å². The number of phosphoric acid groups is 1. The Morgan fingerprint density at radius 1 is 1.15 bits per heavy atom. The van der Waals surface area contributed by atoms with Crippen LogP contribution in [0.2, 0.25) is 0 Å². The third-order valence-corrected chi connectivity index (χ3v) is 0.512. The molecular formula is C3H12N3O6P. The van der Waals surface area contributed by atoms with Crippen molar-refractivity contribution in [3.63, 3.8) is 0 Å². The van der Waals surface area contributed by atoms with E-state index in [4.69, 9.17) is 34.9 Å². The third kappa shape index (κ3) is 34.8. The van der Waals surface area contributed by atoms with Gasteiger partial charge in [-0.3, -0.25) is 5.41 Å². The highest BCUT2D eigenvalue weighted by molar-refractivity contribution is 7.45. The number of guanidine groups is 1. The molecule has 0 heterocycles. The molecular weight excluding hydrogens is 205 g/mol. The minimum Gasteiger partial charge on any atom is -0.376 e. The van der Waals surface area contributed by atoms with Crippen LogP contribution in [0.15, 0.2) is 0 Å². The summed E-state index contributed by atoms with van der Waals surface area (Å²) in [6.45, 7) is -0.600. The van der Waals surface area contributed by atoms with Crippen LogP contribution in [-0.2, 0) is 4.57 Å². The standard InChI is InChI=1S/C3H9N3O2.H3O4P/c4-3(5-1-7)6-2-8;1-5(2,3)4/h7-8H,1-2H2,(H3,4,5,6);(H3,1,2,3,4). The van der Waals surface area contributed by atoms with Gasteiger partial charge in [0.2, 0.25) is 0 Å². The molecule has 0 aliphatic heterocycles. The predicted molar refractivity (Wildman–Crippen MR) is 42.4 cm³/mol. The van der Waals surface area contributed by atoms with Crippen LogP contribution >= 0.6 is 7.82 Å². The average Bonchev–Trinajstić information content (AvgIpc) is 1.84. The molecule has 0 rings (SSSR count). The molecule has 8 N–H and O–H groups in total. The van der Waals surface area contributed by atoms with Gasteiger partial charge in [-0.15, -0.1) is 0 Å². The zero-order valence-electron chi connectivity index (χ0n) is 6.51. The summed E-state index contributed by atoms with van der Waals surface area (Å²) in [5, 5.41) is 27.4. The maximum atomic E-state index is 8.88. The van der Waals surface area contributed by atoms with Crippen molar-refractivity contribution in [2.75, 3.05) is 13.5 Å². The highest BCUT2D eigenvalue weighted by Gasteiger charge is 2.00. The zero-order valence-corrected chi connectivity index (χ0v) is 7.40. The molecule has 0 amide bonds. The van der Waals surface area contributed by atoms with E-state index in [-0.39, 0.29) is 19.4 Å². The molecule has 0 unspecified atom stereocenters. The van der Waals surface area contributed by atoms with Gasteiger partial charge in [-0.2, -0.15) is 0 Å². The van der Waals surface area contributed by atoms with Crippen molar-refractivity contribution in [2.45, 2.75) is 0 Å². The summed E-state index contributed by atoms with van der Waals surface area (Å²) < 4.78 is 8.88. The minimum atomic E-state index is -4.64. The van der Waals surface area contributed by atoms with Crippen molar-refractivity contribution in [3.05, 3.63) is 0 Å². The fourth-order valence-electron chi connectivity index (χ4n) is 0.221. The molecule has 10 heteroatoms. The van der Waals surface area contributed by atoms with Gasteiger partial charge in [-0.05, 0) is 0 Å². The Labute approximate surface area is 73.8 Å². The van der Waals surface area contributed by atoms with Gasteiger partial charge in [0.1, 0.15) is 13.5 Å². The Kier molecular flexibility index (Phi) is 9.02. The topological polar surface area (TPSA) is 166 Å². The fraction of sp³-hybridized carbons (Fsp3) is 0.667. The number of hydrogen-bond donors (Lipinski definition) is 8. The van der Waals surface area contributed by atoms with Crippen LogP contribution in [0.5, 0.6) is 0 Å². The van der Waals surface area contributed by atoms with E-state index in [2.05, 4.69) is 10.6 Å². The van der Waals surface area contributed by atoms with Crippen molar-refractivity contribution in [1.82, 2.24) is 10.6 Å². The van der Waals surface area contributed by atoms with E-state index in [1.165, 1.54) is 0 Å². The summed E-state index contributed by atoms with van der Waals surface area (Å²) in [5.74, 6) is -0.0880. The number of hydrogen-bond acceptors (Lipinski definition) is 4. The van der Waals surface area contributed by atoms with E-state index in [1.807, 2.05) is 0 Å². The maximum Gasteiger partial charge on any atom is 0.466 e. The van der Waals surface area contributed by atoms with Crippen molar-refractivity contribution in [3.8, 4) is 0 Å². The van der Waals surface area contributed by atoms with Crippen LogP contribution in [0.3, 0.4) is 0 Å². The third-order valence-electron chi connectivity index (χ3n) is 0.512. The molecule has 0 fully saturated rings. The lowest BCUT2D eigenvalue weighted by atomic mass is 10.9. The Balaban J connectivity index is 0. The fourth-order valence-corrected chi connectivity index (χ4v) is 0.221. The Morgan fingerprint density at radius 3 is 1.54 bits per heavy atom. The van der Waals surface area contributed by atoms with Crippen molar-refractivity contribution in [1.29, 1.82) is 5.41 Å². The number of aliphatic hydroxyl groups excluding tert-OH is 2. The van der Waals surface area contributed by atoms with Gasteiger partial charge in [0.15, 0.2) is 5.96 Å². The molecule has 0 aliphatic carbocycles. The molecule has 13 heavy (non-hydrogen) atoms. The van der Waals surface area contributed by atoms with Gasteiger partial charge < -0.3 is 35.5 Å². The molecule has 0 aliphatic rings. The number of nitrogens with one attached hydrogen (secondary N) is 3. The van der Waals surface area contributed by atoms with Gasteiger partial charge in [0.25, 0.3) is 0 Å².